The van der Waals surface area contributed by atoms with Crippen LogP contribution in [0.15, 0.2) is 0 Å². The van der Waals surface area contributed by atoms with Gasteiger partial charge in [-0.3, -0.25) is 4.79 Å². The number of carbonyl (C=O) groups is 2. The second kappa shape index (κ2) is 6.46. The van der Waals surface area contributed by atoms with Crippen molar-refractivity contribution in [2.24, 2.45) is 11.3 Å². The maximum Gasteiger partial charge on any atom is 0.407 e. The van der Waals surface area contributed by atoms with Crippen LogP contribution in [0.1, 0.15) is 59.8 Å². The van der Waals surface area contributed by atoms with Crippen LogP contribution in [0.25, 0.3) is 0 Å². The lowest BCUT2D eigenvalue weighted by molar-refractivity contribution is -0.151. The van der Waals surface area contributed by atoms with Crippen LogP contribution in [0.5, 0.6) is 0 Å². The van der Waals surface area contributed by atoms with E-state index in [1.165, 1.54) is 0 Å². The van der Waals surface area contributed by atoms with Crippen molar-refractivity contribution in [2.45, 2.75) is 65.4 Å². The van der Waals surface area contributed by atoms with Gasteiger partial charge in [-0.2, -0.15) is 0 Å². The Morgan fingerprint density at radius 1 is 1.30 bits per heavy atom. The predicted octanol–water partition coefficient (Wildman–Crippen LogP) is 3.18. The molecule has 0 aromatic carbocycles. The van der Waals surface area contributed by atoms with Crippen LogP contribution in [0.4, 0.5) is 4.79 Å². The number of alkyl carbamates (subject to hydrolysis) is 1. The summed E-state index contributed by atoms with van der Waals surface area (Å²) in [6.45, 7) is 7.63. The molecule has 1 aliphatic rings. The summed E-state index contributed by atoms with van der Waals surface area (Å²) in [6, 6.07) is 0. The van der Waals surface area contributed by atoms with Crippen LogP contribution in [-0.2, 0) is 9.53 Å². The highest BCUT2D eigenvalue weighted by molar-refractivity contribution is 5.76. The highest BCUT2D eigenvalue weighted by Gasteiger charge is 2.42. The highest BCUT2D eigenvalue weighted by atomic mass is 16.6. The quantitative estimate of drug-likeness (QED) is 0.831. The van der Waals surface area contributed by atoms with Gasteiger partial charge in [-0.25, -0.2) is 4.79 Å². The lowest BCUT2D eigenvalue weighted by Gasteiger charge is -2.36. The second-order valence-electron chi connectivity index (χ2n) is 6.79. The van der Waals surface area contributed by atoms with Gasteiger partial charge in [0.2, 0.25) is 0 Å². The van der Waals surface area contributed by atoms with Crippen molar-refractivity contribution in [3.63, 3.8) is 0 Å². The zero-order valence-electron chi connectivity index (χ0n) is 13.0. The maximum atomic E-state index is 11.7. The summed E-state index contributed by atoms with van der Waals surface area (Å²) in [5.74, 6) is -0.202. The molecule has 2 N–H and O–H groups in total. The normalized spacial score (nSPS) is 26.9. The monoisotopic (exact) mass is 285 g/mol. The number of aliphatic carboxylic acids is 1. The summed E-state index contributed by atoms with van der Waals surface area (Å²) >= 11 is 0. The van der Waals surface area contributed by atoms with Gasteiger partial charge in [0.1, 0.15) is 5.60 Å². The number of hydrogen-bond donors (Lipinski definition) is 2. The van der Waals surface area contributed by atoms with Gasteiger partial charge >= 0.3 is 12.1 Å². The Morgan fingerprint density at radius 3 is 2.25 bits per heavy atom. The van der Waals surface area contributed by atoms with E-state index in [-0.39, 0.29) is 6.54 Å². The van der Waals surface area contributed by atoms with Crippen molar-refractivity contribution in [3.05, 3.63) is 0 Å². The molecule has 1 aliphatic carbocycles. The minimum absolute atomic E-state index is 0.147. The Kier molecular flexibility index (Phi) is 5.42. The van der Waals surface area contributed by atoms with E-state index in [0.717, 1.165) is 19.3 Å². The fraction of sp³-hybridized carbons (Fsp3) is 0.867. The Labute approximate surface area is 121 Å². The molecule has 116 valence electrons. The van der Waals surface area contributed by atoms with E-state index < -0.39 is 23.1 Å². The van der Waals surface area contributed by atoms with Gasteiger partial charge < -0.3 is 15.2 Å². The average Bonchev–Trinajstić information content (AvgIpc) is 2.34. The van der Waals surface area contributed by atoms with Crippen LogP contribution in [0.2, 0.25) is 0 Å². The fourth-order valence-electron chi connectivity index (χ4n) is 2.66. The van der Waals surface area contributed by atoms with Gasteiger partial charge in [-0.15, -0.1) is 0 Å². The zero-order chi connectivity index (χ0) is 15.4. The maximum absolute atomic E-state index is 11.7. The van der Waals surface area contributed by atoms with Crippen molar-refractivity contribution >= 4 is 12.1 Å². The van der Waals surface area contributed by atoms with Crippen LogP contribution in [0, 0.1) is 11.3 Å². The molecule has 1 fully saturated rings. The van der Waals surface area contributed by atoms with Crippen molar-refractivity contribution in [1.82, 2.24) is 5.32 Å². The molecule has 1 rings (SSSR count). The number of carboxylic acids is 1. The van der Waals surface area contributed by atoms with Crippen molar-refractivity contribution in [3.8, 4) is 0 Å². The molecule has 0 unspecified atom stereocenters. The van der Waals surface area contributed by atoms with Gasteiger partial charge in [-0.05, 0) is 52.4 Å². The third-order valence-corrected chi connectivity index (χ3v) is 4.06. The summed E-state index contributed by atoms with van der Waals surface area (Å²) in [5.41, 5.74) is -1.40. The van der Waals surface area contributed by atoms with E-state index >= 15 is 0 Å². The smallest absolute Gasteiger partial charge is 0.407 e. The first-order valence-corrected chi connectivity index (χ1v) is 7.39. The van der Waals surface area contributed by atoms with E-state index in [1.54, 1.807) is 20.8 Å². The molecule has 0 saturated heterocycles. The molecule has 0 aliphatic heterocycles. The molecule has 0 radical (unpaired) electrons. The summed E-state index contributed by atoms with van der Waals surface area (Å²) in [7, 11) is 0. The molecule has 5 heteroatoms. The topological polar surface area (TPSA) is 75.6 Å². The zero-order valence-corrected chi connectivity index (χ0v) is 13.0. The second-order valence-corrected chi connectivity index (χ2v) is 6.79. The van der Waals surface area contributed by atoms with E-state index in [2.05, 4.69) is 12.2 Å². The molecular weight excluding hydrogens is 258 g/mol. The SMILES string of the molecule is CCC1CCC(CNC(=O)OC(C)(C)C)(C(=O)O)CC1. The van der Waals surface area contributed by atoms with Crippen molar-refractivity contribution in [1.29, 1.82) is 0 Å². The predicted molar refractivity (Wildman–Crippen MR) is 76.6 cm³/mol. The third-order valence-electron chi connectivity index (χ3n) is 4.06. The molecular formula is C15H27NO4. The summed E-state index contributed by atoms with van der Waals surface area (Å²) < 4.78 is 5.15. The van der Waals surface area contributed by atoms with Gasteiger partial charge in [0.05, 0.1) is 5.41 Å². The van der Waals surface area contributed by atoms with Gasteiger partial charge in [0.15, 0.2) is 0 Å². The van der Waals surface area contributed by atoms with E-state index in [0.29, 0.717) is 18.8 Å². The number of carboxylic acid groups (broad SMARTS) is 1. The van der Waals surface area contributed by atoms with E-state index in [4.69, 9.17) is 4.74 Å². The molecule has 0 bridgehead atoms. The molecule has 0 atom stereocenters. The van der Waals surface area contributed by atoms with Crippen molar-refractivity contribution < 1.29 is 19.4 Å². The van der Waals surface area contributed by atoms with Crippen LogP contribution < -0.4 is 5.32 Å². The standard InChI is InChI=1S/C15H27NO4/c1-5-11-6-8-15(9-7-11,12(17)18)10-16-13(19)20-14(2,3)4/h11H,5-10H2,1-4H3,(H,16,19)(H,17,18). The fourth-order valence-corrected chi connectivity index (χ4v) is 2.66. The van der Waals surface area contributed by atoms with Gasteiger partial charge in [0.25, 0.3) is 0 Å². The lowest BCUT2D eigenvalue weighted by Crippen LogP contribution is -2.46. The largest absolute Gasteiger partial charge is 0.481 e. The molecule has 20 heavy (non-hydrogen) atoms. The molecule has 1 saturated carbocycles. The molecule has 0 heterocycles. The molecule has 1 amide bonds. The van der Waals surface area contributed by atoms with Crippen LogP contribution >= 0.6 is 0 Å². The lowest BCUT2D eigenvalue weighted by atomic mass is 9.70. The highest BCUT2D eigenvalue weighted by Crippen LogP contribution is 2.40. The van der Waals surface area contributed by atoms with Crippen LogP contribution in [0.3, 0.4) is 0 Å². The number of nitrogens with one attached hydrogen (secondary N) is 1. The van der Waals surface area contributed by atoms with Gasteiger partial charge in [0, 0.05) is 6.54 Å². The third kappa shape index (κ3) is 4.69. The molecule has 0 aromatic heterocycles. The van der Waals surface area contributed by atoms with Gasteiger partial charge in [-0.1, -0.05) is 13.3 Å². The number of ether oxygens (including phenoxy) is 1. The Hall–Kier alpha value is -1.26. The number of carbonyl (C=O) groups excluding carboxylic acids is 1. The number of hydrogen-bond acceptors (Lipinski definition) is 3. The summed E-state index contributed by atoms with van der Waals surface area (Å²) in [5, 5.41) is 12.1. The minimum Gasteiger partial charge on any atom is -0.481 e. The first kappa shape index (κ1) is 16.8. The number of amides is 1. The van der Waals surface area contributed by atoms with Crippen LogP contribution in [-0.4, -0.2) is 29.3 Å². The van der Waals surface area contributed by atoms with E-state index in [1.807, 2.05) is 0 Å². The molecule has 0 aromatic rings. The Bertz CT molecular complexity index is 351. The first-order chi connectivity index (χ1) is 9.18. The number of rotatable bonds is 4. The molecule has 5 nitrogen and oxygen atoms in total. The summed E-state index contributed by atoms with van der Waals surface area (Å²) in [6.07, 6.45) is 3.62. The van der Waals surface area contributed by atoms with E-state index in [9.17, 15) is 14.7 Å². The minimum atomic E-state index is -0.831. The van der Waals surface area contributed by atoms with Crippen molar-refractivity contribution in [2.75, 3.05) is 6.54 Å². The molecule has 0 spiro atoms. The Morgan fingerprint density at radius 2 is 1.85 bits per heavy atom. The Balaban J connectivity index is 2.57. The summed E-state index contributed by atoms with van der Waals surface area (Å²) in [4.78, 5) is 23.2. The average molecular weight is 285 g/mol. The first-order valence-electron chi connectivity index (χ1n) is 7.39.